The summed E-state index contributed by atoms with van der Waals surface area (Å²) in [5.74, 6) is -0.282. The average Bonchev–Trinajstić information content (AvgIpc) is 3.38. The first-order valence-electron chi connectivity index (χ1n) is 10.5. The Morgan fingerprint density at radius 1 is 1.24 bits per heavy atom. The maximum atomic E-state index is 13.3. The Kier molecular flexibility index (Phi) is 6.76. The smallest absolute Gasteiger partial charge is 0.270 e. The number of aromatic nitrogens is 3. The van der Waals surface area contributed by atoms with Crippen LogP contribution in [0.25, 0.3) is 16.3 Å². The van der Waals surface area contributed by atoms with E-state index in [1.54, 1.807) is 23.1 Å². The second-order valence-electron chi connectivity index (χ2n) is 7.84. The minimum Gasteiger partial charge on any atom is -0.283 e. The number of hydrogen-bond donors (Lipinski definition) is 0. The van der Waals surface area contributed by atoms with Crippen LogP contribution in [0.3, 0.4) is 0 Å². The van der Waals surface area contributed by atoms with E-state index in [9.17, 15) is 14.9 Å². The van der Waals surface area contributed by atoms with E-state index in [0.717, 1.165) is 27.2 Å². The third-order valence-corrected chi connectivity index (χ3v) is 6.82. The molecule has 174 valence electrons. The summed E-state index contributed by atoms with van der Waals surface area (Å²) in [5.41, 5.74) is 4.07. The van der Waals surface area contributed by atoms with E-state index in [1.165, 1.54) is 29.5 Å². The quantitative estimate of drug-likeness (QED) is 0.185. The third-order valence-electron chi connectivity index (χ3n) is 5.37. The van der Waals surface area contributed by atoms with Gasteiger partial charge in [0.1, 0.15) is 0 Å². The minimum absolute atomic E-state index is 0.0329. The number of benzene rings is 2. The number of carbonyl (C=O) groups is 1. The first kappa shape index (κ1) is 23.6. The number of nitro groups is 1. The van der Waals surface area contributed by atoms with Gasteiger partial charge in [0.15, 0.2) is 5.13 Å². The normalized spacial score (nSPS) is 11.4. The molecule has 2 heterocycles. The summed E-state index contributed by atoms with van der Waals surface area (Å²) in [6.45, 7) is 6.64. The largest absolute Gasteiger partial charge is 0.283 e. The van der Waals surface area contributed by atoms with Crippen molar-refractivity contribution in [3.8, 4) is 0 Å². The molecule has 4 aromatic rings. The van der Waals surface area contributed by atoms with Crippen LogP contribution in [0.5, 0.6) is 0 Å². The Bertz CT molecular complexity index is 1430. The Morgan fingerprint density at radius 3 is 2.74 bits per heavy atom. The Morgan fingerprint density at radius 2 is 2.03 bits per heavy atom. The van der Waals surface area contributed by atoms with Crippen molar-refractivity contribution >= 4 is 56.0 Å². The van der Waals surface area contributed by atoms with Gasteiger partial charge in [-0.1, -0.05) is 35.1 Å². The fourth-order valence-corrected chi connectivity index (χ4v) is 4.81. The van der Waals surface area contributed by atoms with Crippen LogP contribution < -0.4 is 4.90 Å². The number of hydrogen-bond acceptors (Lipinski definition) is 6. The van der Waals surface area contributed by atoms with Crippen LogP contribution in [0.4, 0.5) is 10.8 Å². The highest BCUT2D eigenvalue weighted by Gasteiger charge is 2.20. The Hall–Kier alpha value is -3.56. The second kappa shape index (κ2) is 9.74. The van der Waals surface area contributed by atoms with Crippen LogP contribution >= 0.6 is 22.9 Å². The molecule has 0 aliphatic rings. The number of aryl methyl sites for hydroxylation is 3. The summed E-state index contributed by atoms with van der Waals surface area (Å²) in [6.07, 6.45) is 2.98. The molecule has 0 unspecified atom stereocenters. The first-order valence-corrected chi connectivity index (χ1v) is 11.7. The molecule has 1 amide bonds. The van der Waals surface area contributed by atoms with E-state index in [4.69, 9.17) is 16.6 Å². The third kappa shape index (κ3) is 5.00. The molecular formula is C24H22ClN5O3S. The maximum Gasteiger partial charge on any atom is 0.270 e. The number of non-ortho nitro benzene ring substituents is 1. The molecule has 0 N–H and O–H groups in total. The second-order valence-corrected chi connectivity index (χ2v) is 9.26. The molecule has 0 aliphatic carbocycles. The zero-order chi connectivity index (χ0) is 24.4. The van der Waals surface area contributed by atoms with Gasteiger partial charge in [-0.25, -0.2) is 4.98 Å². The van der Waals surface area contributed by atoms with Gasteiger partial charge >= 0.3 is 0 Å². The molecule has 0 fully saturated rings. The van der Waals surface area contributed by atoms with Crippen molar-refractivity contribution in [2.75, 3.05) is 11.4 Å². The van der Waals surface area contributed by atoms with E-state index in [1.807, 2.05) is 43.7 Å². The van der Waals surface area contributed by atoms with Gasteiger partial charge in [-0.05, 0) is 56.2 Å². The summed E-state index contributed by atoms with van der Waals surface area (Å²) in [5, 5.41) is 16.7. The summed E-state index contributed by atoms with van der Waals surface area (Å²) >= 11 is 7.68. The predicted octanol–water partition coefficient (Wildman–Crippen LogP) is 5.73. The molecule has 0 saturated heterocycles. The lowest BCUT2D eigenvalue weighted by Crippen LogP contribution is -2.33. The number of thiazole rings is 1. The number of carbonyl (C=O) groups excluding carboxylic acids is 1. The molecule has 0 radical (unpaired) electrons. The molecule has 2 aromatic carbocycles. The molecule has 34 heavy (non-hydrogen) atoms. The van der Waals surface area contributed by atoms with Crippen LogP contribution in [0.1, 0.15) is 22.5 Å². The molecule has 0 saturated carbocycles. The highest BCUT2D eigenvalue weighted by Crippen LogP contribution is 2.33. The number of amides is 1. The van der Waals surface area contributed by atoms with E-state index in [-0.39, 0.29) is 11.6 Å². The van der Waals surface area contributed by atoms with Crippen LogP contribution in [0.2, 0.25) is 5.02 Å². The summed E-state index contributed by atoms with van der Waals surface area (Å²) in [4.78, 5) is 30.2. The number of anilines is 1. The highest BCUT2D eigenvalue weighted by atomic mass is 35.5. The van der Waals surface area contributed by atoms with Crippen molar-refractivity contribution in [1.82, 2.24) is 14.8 Å². The fraction of sp³-hybridized carbons (Fsp3) is 0.208. The molecule has 0 aliphatic heterocycles. The molecule has 0 atom stereocenters. The highest BCUT2D eigenvalue weighted by molar-refractivity contribution is 7.22. The van der Waals surface area contributed by atoms with Gasteiger partial charge < -0.3 is 0 Å². The van der Waals surface area contributed by atoms with Crippen LogP contribution in [0, 0.1) is 30.9 Å². The van der Waals surface area contributed by atoms with Crippen molar-refractivity contribution in [2.24, 2.45) is 0 Å². The summed E-state index contributed by atoms with van der Waals surface area (Å²) < 4.78 is 2.79. The van der Waals surface area contributed by atoms with E-state index >= 15 is 0 Å². The number of halogens is 1. The van der Waals surface area contributed by atoms with E-state index < -0.39 is 4.92 Å². The lowest BCUT2D eigenvalue weighted by molar-refractivity contribution is -0.384. The molecule has 8 nitrogen and oxygen atoms in total. The molecule has 2 aromatic heterocycles. The fourth-order valence-electron chi connectivity index (χ4n) is 3.60. The van der Waals surface area contributed by atoms with Gasteiger partial charge in [0.25, 0.3) is 11.6 Å². The van der Waals surface area contributed by atoms with E-state index in [0.29, 0.717) is 28.8 Å². The number of fused-ring (bicyclic) bond motifs is 1. The maximum absolute atomic E-state index is 13.3. The van der Waals surface area contributed by atoms with Crippen molar-refractivity contribution in [3.05, 3.63) is 86.2 Å². The minimum atomic E-state index is -0.464. The van der Waals surface area contributed by atoms with Gasteiger partial charge in [-0.2, -0.15) is 5.10 Å². The van der Waals surface area contributed by atoms with E-state index in [2.05, 4.69) is 5.10 Å². The number of nitrogens with zero attached hydrogens (tertiary/aromatic N) is 5. The van der Waals surface area contributed by atoms with Crippen LogP contribution in [0.15, 0.2) is 48.5 Å². The SMILES string of the molecule is Cc1cc(C)n(CCN(C(=O)C=Cc2cccc([N+](=O)[O-])c2)c2nc3c(C)c(Cl)ccc3s2)n1. The molecule has 0 spiro atoms. The van der Waals surface area contributed by atoms with Crippen molar-refractivity contribution < 1.29 is 9.72 Å². The molecule has 10 heteroatoms. The van der Waals surface area contributed by atoms with Crippen LogP contribution in [-0.2, 0) is 11.3 Å². The Labute approximate surface area is 205 Å². The summed E-state index contributed by atoms with van der Waals surface area (Å²) in [6, 6.07) is 11.8. The van der Waals surface area contributed by atoms with Crippen molar-refractivity contribution in [3.63, 3.8) is 0 Å². The lowest BCUT2D eigenvalue weighted by atomic mass is 10.2. The van der Waals surface area contributed by atoms with Gasteiger partial charge in [0, 0.05) is 35.5 Å². The lowest BCUT2D eigenvalue weighted by Gasteiger charge is -2.18. The van der Waals surface area contributed by atoms with Gasteiger partial charge in [0.05, 0.1) is 27.4 Å². The standard InChI is InChI=1S/C24H22ClN5O3S/c1-15-13-16(2)29(27-15)12-11-28(24-26-23-17(3)20(25)8-9-21(23)34-24)22(31)10-7-18-5-4-6-19(14-18)30(32)33/h4-10,13-14H,11-12H2,1-3H3. The zero-order valence-electron chi connectivity index (χ0n) is 18.9. The molecule has 4 rings (SSSR count). The van der Waals surface area contributed by atoms with Gasteiger partial charge in [0.2, 0.25) is 0 Å². The van der Waals surface area contributed by atoms with Crippen molar-refractivity contribution in [2.45, 2.75) is 27.3 Å². The first-order chi connectivity index (χ1) is 16.2. The zero-order valence-corrected chi connectivity index (χ0v) is 20.4. The Balaban J connectivity index is 1.66. The monoisotopic (exact) mass is 495 g/mol. The predicted molar refractivity (Wildman–Crippen MR) is 136 cm³/mol. The number of nitro benzene ring substituents is 1. The van der Waals surface area contributed by atoms with Gasteiger partial charge in [-0.15, -0.1) is 0 Å². The van der Waals surface area contributed by atoms with Gasteiger partial charge in [-0.3, -0.25) is 24.5 Å². The molecule has 0 bridgehead atoms. The van der Waals surface area contributed by atoms with Crippen molar-refractivity contribution in [1.29, 1.82) is 0 Å². The average molecular weight is 496 g/mol. The molecular weight excluding hydrogens is 474 g/mol. The van der Waals surface area contributed by atoms with Crippen LogP contribution in [-0.4, -0.2) is 32.1 Å². The number of rotatable bonds is 7. The summed E-state index contributed by atoms with van der Waals surface area (Å²) in [7, 11) is 0. The topological polar surface area (TPSA) is 94.2 Å².